The van der Waals surface area contributed by atoms with Gasteiger partial charge in [0.05, 0.1) is 6.33 Å². The van der Waals surface area contributed by atoms with Gasteiger partial charge in [-0.25, -0.2) is 4.98 Å². The number of anilines is 1. The van der Waals surface area contributed by atoms with Crippen LogP contribution in [0.4, 0.5) is 5.82 Å². The van der Waals surface area contributed by atoms with E-state index in [-0.39, 0.29) is 12.4 Å². The first-order chi connectivity index (χ1) is 3.83. The summed E-state index contributed by atoms with van der Waals surface area (Å²) in [6.07, 6.45) is 3.52. The summed E-state index contributed by atoms with van der Waals surface area (Å²) in [6, 6.07) is 0. The minimum atomic E-state index is 0. The van der Waals surface area contributed by atoms with Crippen molar-refractivity contribution in [2.24, 2.45) is 0 Å². The van der Waals surface area contributed by atoms with Gasteiger partial charge in [-0.2, -0.15) is 0 Å². The van der Waals surface area contributed by atoms with Gasteiger partial charge in [-0.3, -0.25) is 0 Å². The second-order valence-electron chi connectivity index (χ2n) is 1.63. The average Bonchev–Trinajstić information content (AvgIpc) is 2.14. The van der Waals surface area contributed by atoms with Crippen molar-refractivity contribution in [2.45, 2.75) is 13.5 Å². The van der Waals surface area contributed by atoms with Crippen molar-refractivity contribution in [2.75, 3.05) is 5.73 Å². The number of hydrogen-bond acceptors (Lipinski definition) is 2. The molecule has 0 radical (unpaired) electrons. The third-order valence-corrected chi connectivity index (χ3v) is 1.02. The molecule has 52 valence electrons. The summed E-state index contributed by atoms with van der Waals surface area (Å²) < 4.78 is 1.93. The Bertz CT molecular complexity index is 172. The number of aryl methyl sites for hydroxylation is 1. The van der Waals surface area contributed by atoms with Crippen molar-refractivity contribution in [3.63, 3.8) is 0 Å². The van der Waals surface area contributed by atoms with Crippen LogP contribution in [0.2, 0.25) is 0 Å². The van der Waals surface area contributed by atoms with Gasteiger partial charge in [0.1, 0.15) is 5.82 Å². The number of imidazole rings is 1. The molecule has 0 saturated carbocycles. The second-order valence-corrected chi connectivity index (χ2v) is 1.63. The van der Waals surface area contributed by atoms with Crippen LogP contribution in [0.15, 0.2) is 12.5 Å². The van der Waals surface area contributed by atoms with E-state index in [9.17, 15) is 0 Å². The number of nitrogen functional groups attached to an aromatic ring is 1. The number of halogens is 1. The van der Waals surface area contributed by atoms with Crippen LogP contribution in [-0.2, 0) is 6.54 Å². The number of rotatable bonds is 1. The van der Waals surface area contributed by atoms with E-state index in [1.54, 1.807) is 12.5 Å². The number of nitrogens with zero attached hydrogens (tertiary/aromatic N) is 2. The van der Waals surface area contributed by atoms with Gasteiger partial charge < -0.3 is 10.3 Å². The molecule has 9 heavy (non-hydrogen) atoms. The molecule has 0 amide bonds. The average molecular weight is 148 g/mol. The van der Waals surface area contributed by atoms with Gasteiger partial charge in [-0.05, 0) is 6.92 Å². The van der Waals surface area contributed by atoms with E-state index in [4.69, 9.17) is 5.73 Å². The Morgan fingerprint density at radius 2 is 2.44 bits per heavy atom. The highest BCUT2D eigenvalue weighted by Gasteiger charge is 1.86. The predicted molar refractivity (Wildman–Crippen MR) is 39.6 cm³/mol. The van der Waals surface area contributed by atoms with Crippen LogP contribution < -0.4 is 5.73 Å². The van der Waals surface area contributed by atoms with Crippen LogP contribution in [0.5, 0.6) is 0 Å². The molecule has 0 unspecified atom stereocenters. The van der Waals surface area contributed by atoms with Gasteiger partial charge in [0.15, 0.2) is 0 Å². The fraction of sp³-hybridized carbons (Fsp3) is 0.400. The largest absolute Gasteiger partial charge is 0.382 e. The zero-order valence-electron chi connectivity index (χ0n) is 5.24. The Morgan fingerprint density at radius 1 is 1.78 bits per heavy atom. The van der Waals surface area contributed by atoms with E-state index in [2.05, 4.69) is 4.98 Å². The van der Waals surface area contributed by atoms with Gasteiger partial charge in [-0.1, -0.05) is 0 Å². The highest BCUT2D eigenvalue weighted by atomic mass is 35.5. The van der Waals surface area contributed by atoms with E-state index in [0.29, 0.717) is 5.82 Å². The molecule has 0 spiro atoms. The first-order valence-corrected chi connectivity index (χ1v) is 2.60. The summed E-state index contributed by atoms with van der Waals surface area (Å²) in [4.78, 5) is 3.83. The Kier molecular flexibility index (Phi) is 3.09. The van der Waals surface area contributed by atoms with Crippen LogP contribution in [0, 0.1) is 0 Å². The maximum Gasteiger partial charge on any atom is 0.141 e. The molecule has 0 saturated heterocycles. The van der Waals surface area contributed by atoms with Crippen molar-refractivity contribution < 1.29 is 0 Å². The molecule has 0 aromatic carbocycles. The first-order valence-electron chi connectivity index (χ1n) is 2.60. The van der Waals surface area contributed by atoms with E-state index >= 15 is 0 Å². The van der Waals surface area contributed by atoms with E-state index in [1.165, 1.54) is 0 Å². The molecule has 1 aromatic heterocycles. The monoisotopic (exact) mass is 147 g/mol. The van der Waals surface area contributed by atoms with Gasteiger partial charge in [0, 0.05) is 12.7 Å². The standard InChI is InChI=1S/C5H9N3.ClH/c1-2-8-3-5(6)7-4-8;/h3-4H,2,6H2,1H3;1H. The van der Waals surface area contributed by atoms with Crippen molar-refractivity contribution in [3.8, 4) is 0 Å². The smallest absolute Gasteiger partial charge is 0.141 e. The summed E-state index contributed by atoms with van der Waals surface area (Å²) in [7, 11) is 0. The van der Waals surface area contributed by atoms with Crippen LogP contribution in [-0.4, -0.2) is 9.55 Å². The highest BCUT2D eigenvalue weighted by Crippen LogP contribution is 1.94. The van der Waals surface area contributed by atoms with E-state index in [0.717, 1.165) is 6.54 Å². The number of aromatic nitrogens is 2. The number of nitrogens with two attached hydrogens (primary N) is 1. The lowest BCUT2D eigenvalue weighted by Gasteiger charge is -1.88. The molecular weight excluding hydrogens is 138 g/mol. The number of hydrogen-bond donors (Lipinski definition) is 1. The molecule has 1 aromatic rings. The Hall–Kier alpha value is -0.700. The molecule has 0 aliphatic carbocycles. The van der Waals surface area contributed by atoms with Gasteiger partial charge in [0.2, 0.25) is 0 Å². The third-order valence-electron chi connectivity index (χ3n) is 1.02. The molecule has 0 aliphatic heterocycles. The Balaban J connectivity index is 0.000000640. The van der Waals surface area contributed by atoms with E-state index in [1.807, 2.05) is 11.5 Å². The van der Waals surface area contributed by atoms with Crippen LogP contribution in [0.25, 0.3) is 0 Å². The Morgan fingerprint density at radius 3 is 2.67 bits per heavy atom. The maximum atomic E-state index is 5.32. The first kappa shape index (κ1) is 8.30. The molecule has 1 rings (SSSR count). The fourth-order valence-electron chi connectivity index (χ4n) is 0.550. The minimum Gasteiger partial charge on any atom is -0.382 e. The summed E-state index contributed by atoms with van der Waals surface area (Å²) >= 11 is 0. The van der Waals surface area contributed by atoms with Crippen molar-refractivity contribution in [1.29, 1.82) is 0 Å². The second kappa shape index (κ2) is 3.35. The summed E-state index contributed by atoms with van der Waals surface area (Å²) in [6.45, 7) is 2.98. The zero-order valence-corrected chi connectivity index (χ0v) is 6.06. The van der Waals surface area contributed by atoms with Crippen LogP contribution in [0.1, 0.15) is 6.92 Å². The van der Waals surface area contributed by atoms with Gasteiger partial charge in [-0.15, -0.1) is 12.4 Å². The maximum absolute atomic E-state index is 5.32. The molecule has 0 bridgehead atoms. The predicted octanol–water partition coefficient (Wildman–Crippen LogP) is 0.907. The molecule has 1 heterocycles. The topological polar surface area (TPSA) is 43.8 Å². The summed E-state index contributed by atoms with van der Waals surface area (Å²) in [5.41, 5.74) is 5.32. The molecule has 2 N–H and O–H groups in total. The lowest BCUT2D eigenvalue weighted by atomic mass is 10.7. The summed E-state index contributed by atoms with van der Waals surface area (Å²) in [5.74, 6) is 0.590. The van der Waals surface area contributed by atoms with Gasteiger partial charge in [0.25, 0.3) is 0 Å². The zero-order chi connectivity index (χ0) is 5.98. The van der Waals surface area contributed by atoms with E-state index < -0.39 is 0 Å². The molecule has 0 atom stereocenters. The normalized spacial score (nSPS) is 8.56. The quantitative estimate of drug-likeness (QED) is 0.642. The Labute approximate surface area is 60.3 Å². The fourth-order valence-corrected chi connectivity index (χ4v) is 0.550. The molecule has 0 fully saturated rings. The van der Waals surface area contributed by atoms with Crippen LogP contribution >= 0.6 is 12.4 Å². The molecule has 0 aliphatic rings. The van der Waals surface area contributed by atoms with Crippen molar-refractivity contribution in [3.05, 3.63) is 12.5 Å². The minimum absolute atomic E-state index is 0. The molecular formula is C5H10ClN3. The summed E-state index contributed by atoms with van der Waals surface area (Å²) in [5, 5.41) is 0. The highest BCUT2D eigenvalue weighted by molar-refractivity contribution is 5.85. The van der Waals surface area contributed by atoms with Crippen LogP contribution in [0.3, 0.4) is 0 Å². The molecule has 3 nitrogen and oxygen atoms in total. The SMILES string of the molecule is CCn1cnc(N)c1.Cl. The lowest BCUT2D eigenvalue weighted by Crippen LogP contribution is -1.87. The van der Waals surface area contributed by atoms with Gasteiger partial charge >= 0.3 is 0 Å². The molecule has 4 heteroatoms. The van der Waals surface area contributed by atoms with Crippen molar-refractivity contribution >= 4 is 18.2 Å². The third kappa shape index (κ3) is 1.93. The lowest BCUT2D eigenvalue weighted by molar-refractivity contribution is 0.762. The van der Waals surface area contributed by atoms with Crippen molar-refractivity contribution in [1.82, 2.24) is 9.55 Å².